The van der Waals surface area contributed by atoms with Crippen molar-refractivity contribution in [3.8, 4) is 22.6 Å². The van der Waals surface area contributed by atoms with Gasteiger partial charge in [-0.1, -0.05) is 24.3 Å². The van der Waals surface area contributed by atoms with Crippen LogP contribution in [0.25, 0.3) is 39.2 Å². The Balaban J connectivity index is 1.44. The van der Waals surface area contributed by atoms with E-state index in [-0.39, 0.29) is 17.9 Å². The van der Waals surface area contributed by atoms with Crippen LogP contribution < -0.4 is 5.32 Å². The summed E-state index contributed by atoms with van der Waals surface area (Å²) in [4.78, 5) is 17.3. The first-order valence-electron chi connectivity index (χ1n) is 12.2. The molecule has 39 heavy (non-hydrogen) atoms. The first-order valence-corrected chi connectivity index (χ1v) is 12.2. The predicted octanol–water partition coefficient (Wildman–Crippen LogP) is 4.29. The highest BCUT2D eigenvalue weighted by molar-refractivity contribution is 5.85. The topological polar surface area (TPSA) is 113 Å². The molecular weight excluding hydrogens is 513 g/mol. The van der Waals surface area contributed by atoms with Gasteiger partial charge in [0, 0.05) is 48.5 Å². The molecule has 200 valence electrons. The van der Waals surface area contributed by atoms with Gasteiger partial charge in [0.2, 0.25) is 0 Å². The van der Waals surface area contributed by atoms with E-state index < -0.39 is 24.4 Å². The summed E-state index contributed by atoms with van der Waals surface area (Å²) in [5.74, 6) is 0.242. The van der Waals surface area contributed by atoms with Crippen molar-refractivity contribution in [1.29, 1.82) is 0 Å². The number of halogens is 3. The minimum absolute atomic E-state index is 0.154. The van der Waals surface area contributed by atoms with Crippen LogP contribution >= 0.6 is 0 Å². The molecule has 4 aromatic heterocycles. The van der Waals surface area contributed by atoms with E-state index in [1.54, 1.807) is 16.9 Å². The fourth-order valence-corrected chi connectivity index (χ4v) is 5.10. The highest BCUT2D eigenvalue weighted by Gasteiger charge is 2.49. The molecule has 2 atom stereocenters. The Morgan fingerprint density at radius 3 is 2.64 bits per heavy atom. The summed E-state index contributed by atoms with van der Waals surface area (Å²) in [6.07, 6.45) is -1.29. The van der Waals surface area contributed by atoms with Crippen LogP contribution in [0.15, 0.2) is 61.1 Å². The first-order chi connectivity index (χ1) is 18.7. The second-order valence-electron chi connectivity index (χ2n) is 9.50. The molecule has 0 radical (unpaired) electrons. The number of carboxylic acid groups (broad SMARTS) is 1. The molecule has 0 aliphatic carbocycles. The van der Waals surface area contributed by atoms with Crippen molar-refractivity contribution >= 4 is 22.6 Å². The fourth-order valence-electron chi connectivity index (χ4n) is 5.10. The lowest BCUT2D eigenvalue weighted by atomic mass is 10.0. The van der Waals surface area contributed by atoms with Gasteiger partial charge in [0.1, 0.15) is 5.69 Å². The lowest BCUT2D eigenvalue weighted by Crippen LogP contribution is -2.48. The molecule has 1 aliphatic rings. The normalized spacial score (nSPS) is 16.7. The molecule has 6 rings (SSSR count). The standard InChI is InChI=1S/C26H23F3N8O2/c1-35-13-18(11-31-35)16-3-2-15-4-6-20(32-21(15)10-16)24-34-33-22-7-5-17(14-36(22)24)23(26(27,28)29)37(25(38)39)19-8-9-30-12-19/h2-7,10-11,13-14,19,23,30H,8-9,12H2,1H3,(H,38,39). The van der Waals surface area contributed by atoms with E-state index in [0.717, 1.165) is 16.5 Å². The minimum atomic E-state index is -4.84. The summed E-state index contributed by atoms with van der Waals surface area (Å²) < 4.78 is 46.3. The molecule has 1 aromatic carbocycles. The van der Waals surface area contributed by atoms with Crippen molar-refractivity contribution in [2.24, 2.45) is 7.05 Å². The lowest BCUT2D eigenvalue weighted by molar-refractivity contribution is -0.185. The molecule has 1 aliphatic heterocycles. The monoisotopic (exact) mass is 536 g/mol. The van der Waals surface area contributed by atoms with E-state index in [1.807, 2.05) is 37.5 Å². The van der Waals surface area contributed by atoms with Gasteiger partial charge < -0.3 is 10.4 Å². The number of aromatic nitrogens is 6. The quantitative estimate of drug-likeness (QED) is 0.345. The van der Waals surface area contributed by atoms with Gasteiger partial charge >= 0.3 is 12.3 Å². The number of hydrogen-bond acceptors (Lipinski definition) is 6. The largest absolute Gasteiger partial charge is 0.465 e. The number of nitrogens with zero attached hydrogens (tertiary/aromatic N) is 7. The number of pyridine rings is 2. The van der Waals surface area contributed by atoms with Crippen LogP contribution in [0.4, 0.5) is 18.0 Å². The summed E-state index contributed by atoms with van der Waals surface area (Å²) in [7, 11) is 1.83. The number of nitrogens with one attached hydrogen (secondary N) is 1. The maximum absolute atomic E-state index is 14.4. The van der Waals surface area contributed by atoms with E-state index in [4.69, 9.17) is 4.98 Å². The van der Waals surface area contributed by atoms with Crippen molar-refractivity contribution in [3.05, 3.63) is 66.6 Å². The molecule has 5 heterocycles. The molecule has 0 saturated carbocycles. The predicted molar refractivity (Wildman–Crippen MR) is 136 cm³/mol. The molecular formula is C26H23F3N8O2. The zero-order chi connectivity index (χ0) is 27.3. The zero-order valence-corrected chi connectivity index (χ0v) is 20.7. The average molecular weight is 537 g/mol. The Labute approximate surface area is 219 Å². The van der Waals surface area contributed by atoms with E-state index in [2.05, 4.69) is 20.6 Å². The molecule has 2 unspecified atom stereocenters. The number of rotatable bonds is 5. The number of alkyl halides is 3. The maximum atomic E-state index is 14.4. The summed E-state index contributed by atoms with van der Waals surface area (Å²) in [6, 6.07) is 8.87. The first kappa shape index (κ1) is 24.8. The summed E-state index contributed by atoms with van der Waals surface area (Å²) in [5.41, 5.74) is 2.99. The van der Waals surface area contributed by atoms with Gasteiger partial charge in [-0.15, -0.1) is 10.2 Å². The van der Waals surface area contributed by atoms with Gasteiger partial charge in [-0.3, -0.25) is 14.0 Å². The van der Waals surface area contributed by atoms with Gasteiger partial charge in [-0.25, -0.2) is 9.78 Å². The molecule has 2 N–H and O–H groups in total. The second-order valence-corrected chi connectivity index (χ2v) is 9.50. The van der Waals surface area contributed by atoms with Crippen LogP contribution in [0.5, 0.6) is 0 Å². The molecule has 13 heteroatoms. The van der Waals surface area contributed by atoms with Crippen LogP contribution in [0, 0.1) is 0 Å². The van der Waals surface area contributed by atoms with Gasteiger partial charge in [-0.05, 0) is 36.7 Å². The van der Waals surface area contributed by atoms with Crippen molar-refractivity contribution in [3.63, 3.8) is 0 Å². The zero-order valence-electron chi connectivity index (χ0n) is 20.7. The van der Waals surface area contributed by atoms with Crippen molar-refractivity contribution in [1.82, 2.24) is 39.6 Å². The van der Waals surface area contributed by atoms with Crippen LogP contribution in [0.2, 0.25) is 0 Å². The Morgan fingerprint density at radius 2 is 1.95 bits per heavy atom. The molecule has 1 saturated heterocycles. The highest BCUT2D eigenvalue weighted by Crippen LogP contribution is 2.40. The van der Waals surface area contributed by atoms with Crippen molar-refractivity contribution in [2.75, 3.05) is 13.1 Å². The van der Waals surface area contributed by atoms with E-state index in [1.165, 1.54) is 22.7 Å². The SMILES string of the molecule is Cn1cc(-c2ccc3ccc(-c4nnc5ccc(C(N(C(=O)O)C6CCNC6)C(F)(F)F)cn45)nc3c2)cn1. The smallest absolute Gasteiger partial charge is 0.413 e. The number of amides is 1. The van der Waals surface area contributed by atoms with Crippen molar-refractivity contribution < 1.29 is 23.1 Å². The Kier molecular flexibility index (Phi) is 5.94. The molecule has 10 nitrogen and oxygen atoms in total. The second kappa shape index (κ2) is 9.34. The number of aryl methyl sites for hydroxylation is 1. The lowest BCUT2D eigenvalue weighted by Gasteiger charge is -2.35. The molecule has 1 amide bonds. The number of fused-ring (bicyclic) bond motifs is 2. The van der Waals surface area contributed by atoms with Gasteiger partial charge in [0.25, 0.3) is 0 Å². The number of hydrogen-bond donors (Lipinski definition) is 2. The molecule has 0 bridgehead atoms. The van der Waals surface area contributed by atoms with Crippen LogP contribution in [0.3, 0.4) is 0 Å². The summed E-state index contributed by atoms with van der Waals surface area (Å²) in [5, 5.41) is 26.1. The maximum Gasteiger partial charge on any atom is 0.413 e. The molecule has 0 spiro atoms. The fraction of sp³-hybridized carbons (Fsp3) is 0.269. The third-order valence-corrected chi connectivity index (χ3v) is 6.94. The highest BCUT2D eigenvalue weighted by atomic mass is 19.4. The van der Waals surface area contributed by atoms with Gasteiger partial charge in [0.15, 0.2) is 17.5 Å². The van der Waals surface area contributed by atoms with E-state index >= 15 is 0 Å². The van der Waals surface area contributed by atoms with Crippen LogP contribution in [0.1, 0.15) is 18.0 Å². The van der Waals surface area contributed by atoms with Gasteiger partial charge in [-0.2, -0.15) is 18.3 Å². The summed E-state index contributed by atoms with van der Waals surface area (Å²) in [6.45, 7) is 0.602. The van der Waals surface area contributed by atoms with E-state index in [9.17, 15) is 23.1 Å². The van der Waals surface area contributed by atoms with Crippen LogP contribution in [-0.4, -0.2) is 70.8 Å². The number of carbonyl (C=O) groups is 1. The molecule has 1 fully saturated rings. The van der Waals surface area contributed by atoms with Crippen LogP contribution in [-0.2, 0) is 7.05 Å². The third-order valence-electron chi connectivity index (χ3n) is 6.94. The third kappa shape index (κ3) is 4.54. The Morgan fingerprint density at radius 1 is 1.13 bits per heavy atom. The Hall–Kier alpha value is -4.52. The minimum Gasteiger partial charge on any atom is -0.465 e. The number of benzene rings is 1. The molecule has 5 aromatic rings. The van der Waals surface area contributed by atoms with Crippen molar-refractivity contribution in [2.45, 2.75) is 24.7 Å². The van der Waals surface area contributed by atoms with E-state index in [0.29, 0.717) is 34.7 Å². The summed E-state index contributed by atoms with van der Waals surface area (Å²) >= 11 is 0. The average Bonchev–Trinajstić information content (AvgIpc) is 3.66. The Bertz CT molecular complexity index is 1690. The van der Waals surface area contributed by atoms with Gasteiger partial charge in [0.05, 0.1) is 11.7 Å².